The first kappa shape index (κ1) is 14.6. The molecule has 106 valence electrons. The summed E-state index contributed by atoms with van der Waals surface area (Å²) in [5.74, 6) is -1.06. The van der Waals surface area contributed by atoms with Crippen LogP contribution in [0.1, 0.15) is 46.9 Å². The summed E-state index contributed by atoms with van der Waals surface area (Å²) in [6.45, 7) is 7.72. The fraction of sp³-hybridized carbons (Fsp3) is 0.333. The summed E-state index contributed by atoms with van der Waals surface area (Å²) in [7, 11) is 0. The van der Waals surface area contributed by atoms with Crippen molar-refractivity contribution in [3.8, 4) is 5.69 Å². The molecule has 0 radical (unpaired) electrons. The van der Waals surface area contributed by atoms with Crippen molar-refractivity contribution in [2.75, 3.05) is 0 Å². The smallest absolute Gasteiger partial charge is 0.340 e. The molecule has 0 saturated heterocycles. The van der Waals surface area contributed by atoms with E-state index in [0.717, 1.165) is 16.8 Å². The highest BCUT2D eigenvalue weighted by Crippen LogP contribution is 2.29. The van der Waals surface area contributed by atoms with E-state index in [1.165, 1.54) is 4.68 Å². The van der Waals surface area contributed by atoms with Crippen molar-refractivity contribution in [3.63, 3.8) is 0 Å². The van der Waals surface area contributed by atoms with Gasteiger partial charge in [-0.15, -0.1) is 0 Å². The number of halogens is 1. The number of carbonyl (C=O) groups is 1. The lowest BCUT2D eigenvalue weighted by atomic mass is 10.1. The van der Waals surface area contributed by atoms with Gasteiger partial charge in [-0.05, 0) is 37.0 Å². The Balaban J connectivity index is 2.73. The number of hydrogen-bond donors (Lipinski definition) is 1. The van der Waals surface area contributed by atoms with Crippen LogP contribution in [-0.4, -0.2) is 20.9 Å². The van der Waals surface area contributed by atoms with Gasteiger partial charge in [0.25, 0.3) is 0 Å². The molecule has 0 atom stereocenters. The van der Waals surface area contributed by atoms with E-state index in [4.69, 9.17) is 11.6 Å². The number of nitrogens with zero attached hydrogens (tertiary/aromatic N) is 2. The number of aryl methyl sites for hydroxylation is 2. The predicted molar refractivity (Wildman–Crippen MR) is 79.1 cm³/mol. The molecule has 1 heterocycles. The molecular formula is C15H17ClN2O2. The molecule has 2 rings (SSSR count). The molecule has 4 nitrogen and oxygen atoms in total. The van der Waals surface area contributed by atoms with Gasteiger partial charge in [-0.2, -0.15) is 5.10 Å². The van der Waals surface area contributed by atoms with Gasteiger partial charge in [-0.1, -0.05) is 37.6 Å². The van der Waals surface area contributed by atoms with Gasteiger partial charge in [0.1, 0.15) is 10.7 Å². The van der Waals surface area contributed by atoms with Crippen LogP contribution >= 0.6 is 11.6 Å². The Morgan fingerprint density at radius 3 is 2.50 bits per heavy atom. The van der Waals surface area contributed by atoms with E-state index in [2.05, 4.69) is 5.10 Å². The lowest BCUT2D eigenvalue weighted by Crippen LogP contribution is -2.02. The number of benzene rings is 1. The van der Waals surface area contributed by atoms with Crippen LogP contribution in [0.2, 0.25) is 5.15 Å². The Labute approximate surface area is 123 Å². The Kier molecular flexibility index (Phi) is 3.86. The maximum atomic E-state index is 11.4. The number of aromatic nitrogens is 2. The second-order valence-corrected chi connectivity index (χ2v) is 5.57. The zero-order chi connectivity index (χ0) is 15.0. The third-order valence-electron chi connectivity index (χ3n) is 3.21. The van der Waals surface area contributed by atoms with Crippen molar-refractivity contribution in [1.29, 1.82) is 0 Å². The molecule has 0 fully saturated rings. The predicted octanol–water partition coefficient (Wildman–Crippen LogP) is 3.96. The molecular weight excluding hydrogens is 276 g/mol. The SMILES string of the molecule is Cc1ccc(C)c(-n2nc(C(C)C)c(C(=O)O)c2Cl)c1. The summed E-state index contributed by atoms with van der Waals surface area (Å²) >= 11 is 6.25. The summed E-state index contributed by atoms with van der Waals surface area (Å²) in [5.41, 5.74) is 3.46. The molecule has 1 aromatic carbocycles. The van der Waals surface area contributed by atoms with Crippen molar-refractivity contribution in [2.45, 2.75) is 33.6 Å². The van der Waals surface area contributed by atoms with E-state index in [1.807, 2.05) is 45.9 Å². The first-order valence-electron chi connectivity index (χ1n) is 6.42. The zero-order valence-corrected chi connectivity index (χ0v) is 12.7. The van der Waals surface area contributed by atoms with Crippen LogP contribution in [0, 0.1) is 13.8 Å². The fourth-order valence-electron chi connectivity index (χ4n) is 2.12. The fourth-order valence-corrected chi connectivity index (χ4v) is 2.43. The topological polar surface area (TPSA) is 55.1 Å². The number of carboxylic acid groups (broad SMARTS) is 1. The van der Waals surface area contributed by atoms with Gasteiger partial charge in [0.15, 0.2) is 0 Å². The maximum Gasteiger partial charge on any atom is 0.340 e. The van der Waals surface area contributed by atoms with Crippen LogP contribution in [0.3, 0.4) is 0 Å². The molecule has 0 unspecified atom stereocenters. The maximum absolute atomic E-state index is 11.4. The van der Waals surface area contributed by atoms with Crippen LogP contribution < -0.4 is 0 Å². The van der Waals surface area contributed by atoms with Crippen LogP contribution in [0.25, 0.3) is 5.69 Å². The van der Waals surface area contributed by atoms with Crippen LogP contribution in [-0.2, 0) is 0 Å². The Morgan fingerprint density at radius 2 is 2.00 bits per heavy atom. The lowest BCUT2D eigenvalue weighted by Gasteiger charge is -2.08. The average molecular weight is 293 g/mol. The third kappa shape index (κ3) is 2.43. The van der Waals surface area contributed by atoms with Crippen molar-refractivity contribution in [1.82, 2.24) is 9.78 Å². The summed E-state index contributed by atoms with van der Waals surface area (Å²) in [4.78, 5) is 11.4. The number of aromatic carboxylic acids is 1. The molecule has 0 aliphatic heterocycles. The van der Waals surface area contributed by atoms with Crippen LogP contribution in [0.15, 0.2) is 18.2 Å². The lowest BCUT2D eigenvalue weighted by molar-refractivity contribution is 0.0695. The van der Waals surface area contributed by atoms with Gasteiger partial charge in [-0.3, -0.25) is 0 Å². The van der Waals surface area contributed by atoms with E-state index in [1.54, 1.807) is 0 Å². The summed E-state index contributed by atoms with van der Waals surface area (Å²) in [5, 5.41) is 13.9. The summed E-state index contributed by atoms with van der Waals surface area (Å²) < 4.78 is 1.52. The molecule has 2 aromatic rings. The third-order valence-corrected chi connectivity index (χ3v) is 3.56. The van der Waals surface area contributed by atoms with Crippen LogP contribution in [0.5, 0.6) is 0 Å². The Morgan fingerprint density at radius 1 is 1.35 bits per heavy atom. The molecule has 5 heteroatoms. The minimum Gasteiger partial charge on any atom is -0.478 e. The zero-order valence-electron chi connectivity index (χ0n) is 11.9. The standard InChI is InChI=1S/C15H17ClN2O2/c1-8(2)13-12(15(19)20)14(16)18(17-13)11-7-9(3)5-6-10(11)4/h5-8H,1-4H3,(H,19,20). The molecule has 0 amide bonds. The van der Waals surface area contributed by atoms with Crippen molar-refractivity contribution in [2.24, 2.45) is 0 Å². The van der Waals surface area contributed by atoms with E-state index in [9.17, 15) is 9.90 Å². The van der Waals surface area contributed by atoms with Crippen molar-refractivity contribution in [3.05, 3.63) is 45.7 Å². The molecule has 1 N–H and O–H groups in total. The number of hydrogen-bond acceptors (Lipinski definition) is 2. The molecule has 0 bridgehead atoms. The van der Waals surface area contributed by atoms with E-state index in [0.29, 0.717) is 5.69 Å². The summed E-state index contributed by atoms with van der Waals surface area (Å²) in [6, 6.07) is 5.92. The molecule has 1 aromatic heterocycles. The number of rotatable bonds is 3. The van der Waals surface area contributed by atoms with Gasteiger partial charge in [-0.25, -0.2) is 9.48 Å². The van der Waals surface area contributed by atoms with Crippen molar-refractivity contribution >= 4 is 17.6 Å². The molecule has 0 saturated carbocycles. The average Bonchev–Trinajstić information content (AvgIpc) is 2.70. The second kappa shape index (κ2) is 5.29. The first-order valence-corrected chi connectivity index (χ1v) is 6.80. The minimum atomic E-state index is -1.05. The minimum absolute atomic E-state index is 0.00929. The van der Waals surface area contributed by atoms with Gasteiger partial charge in [0.2, 0.25) is 0 Å². The second-order valence-electron chi connectivity index (χ2n) is 5.21. The summed E-state index contributed by atoms with van der Waals surface area (Å²) in [6.07, 6.45) is 0. The van der Waals surface area contributed by atoms with Gasteiger partial charge in [0.05, 0.1) is 11.4 Å². The highest BCUT2D eigenvalue weighted by molar-refractivity contribution is 6.33. The normalized spacial score (nSPS) is 11.1. The number of carboxylic acids is 1. The van der Waals surface area contributed by atoms with Gasteiger partial charge < -0.3 is 5.11 Å². The highest BCUT2D eigenvalue weighted by Gasteiger charge is 2.25. The highest BCUT2D eigenvalue weighted by atomic mass is 35.5. The molecule has 0 spiro atoms. The quantitative estimate of drug-likeness (QED) is 0.931. The Hall–Kier alpha value is -1.81. The molecule has 20 heavy (non-hydrogen) atoms. The monoisotopic (exact) mass is 292 g/mol. The molecule has 0 aliphatic rings. The van der Waals surface area contributed by atoms with Gasteiger partial charge in [0, 0.05) is 0 Å². The van der Waals surface area contributed by atoms with E-state index >= 15 is 0 Å². The van der Waals surface area contributed by atoms with E-state index < -0.39 is 5.97 Å². The van der Waals surface area contributed by atoms with Crippen molar-refractivity contribution < 1.29 is 9.90 Å². The first-order chi connectivity index (χ1) is 9.32. The molecule has 0 aliphatic carbocycles. The van der Waals surface area contributed by atoms with E-state index in [-0.39, 0.29) is 16.6 Å². The van der Waals surface area contributed by atoms with Crippen LogP contribution in [0.4, 0.5) is 0 Å². The largest absolute Gasteiger partial charge is 0.478 e. The Bertz CT molecular complexity index is 675. The van der Waals surface area contributed by atoms with Gasteiger partial charge >= 0.3 is 5.97 Å².